The standard InChI is InChI=1S/C17H19FN4O2/c18-13-5-2-1-4-12(13)10-17(15(23)24)7-3-9-22(11-17)14-6-8-20-16(19)21-14/h1-2,4-6,8H,3,7,9-11H2,(H,23,24)(H2,19,20,21)/t17-/m0/s1. The van der Waals surface area contributed by atoms with Crippen LogP contribution in [0.25, 0.3) is 0 Å². The minimum Gasteiger partial charge on any atom is -0.481 e. The van der Waals surface area contributed by atoms with Crippen molar-refractivity contribution in [3.8, 4) is 0 Å². The molecule has 0 bridgehead atoms. The quantitative estimate of drug-likeness (QED) is 0.892. The van der Waals surface area contributed by atoms with Crippen molar-refractivity contribution in [3.63, 3.8) is 0 Å². The van der Waals surface area contributed by atoms with Gasteiger partial charge in [0.1, 0.15) is 11.6 Å². The summed E-state index contributed by atoms with van der Waals surface area (Å²) in [6, 6.07) is 8.03. The number of nitrogens with two attached hydrogens (primary N) is 1. The Morgan fingerprint density at radius 2 is 2.17 bits per heavy atom. The summed E-state index contributed by atoms with van der Waals surface area (Å²) >= 11 is 0. The summed E-state index contributed by atoms with van der Waals surface area (Å²) in [6.07, 6.45) is 2.87. The number of hydrogen-bond donors (Lipinski definition) is 2. The van der Waals surface area contributed by atoms with Crippen LogP contribution in [-0.2, 0) is 11.2 Å². The Hall–Kier alpha value is -2.70. The van der Waals surface area contributed by atoms with E-state index < -0.39 is 11.4 Å². The molecule has 7 heteroatoms. The summed E-state index contributed by atoms with van der Waals surface area (Å²) in [5.74, 6) is -0.548. The van der Waals surface area contributed by atoms with Crippen LogP contribution in [0.15, 0.2) is 36.5 Å². The van der Waals surface area contributed by atoms with E-state index in [1.54, 1.807) is 30.5 Å². The lowest BCUT2D eigenvalue weighted by molar-refractivity contribution is -0.149. The number of rotatable bonds is 4. The molecule has 0 aliphatic carbocycles. The van der Waals surface area contributed by atoms with Crippen molar-refractivity contribution in [3.05, 3.63) is 47.9 Å². The van der Waals surface area contributed by atoms with Gasteiger partial charge in [-0.25, -0.2) is 9.37 Å². The molecule has 126 valence electrons. The van der Waals surface area contributed by atoms with Gasteiger partial charge in [-0.1, -0.05) is 18.2 Å². The number of carbonyl (C=O) groups is 1. The first-order chi connectivity index (χ1) is 11.5. The van der Waals surface area contributed by atoms with Crippen LogP contribution in [0.2, 0.25) is 0 Å². The number of benzene rings is 1. The zero-order valence-corrected chi connectivity index (χ0v) is 13.2. The molecular weight excluding hydrogens is 311 g/mol. The van der Waals surface area contributed by atoms with Crippen LogP contribution in [0.5, 0.6) is 0 Å². The first-order valence-electron chi connectivity index (χ1n) is 7.80. The van der Waals surface area contributed by atoms with Crippen LogP contribution in [0.3, 0.4) is 0 Å². The Morgan fingerprint density at radius 3 is 2.88 bits per heavy atom. The zero-order valence-electron chi connectivity index (χ0n) is 13.2. The molecule has 1 fully saturated rings. The zero-order chi connectivity index (χ0) is 17.2. The van der Waals surface area contributed by atoms with Gasteiger partial charge in [0.2, 0.25) is 5.95 Å². The molecule has 0 unspecified atom stereocenters. The lowest BCUT2D eigenvalue weighted by Gasteiger charge is -2.40. The van der Waals surface area contributed by atoms with Crippen LogP contribution in [0.4, 0.5) is 16.2 Å². The highest BCUT2D eigenvalue weighted by molar-refractivity contribution is 5.76. The van der Waals surface area contributed by atoms with Crippen molar-refractivity contribution in [2.24, 2.45) is 5.41 Å². The van der Waals surface area contributed by atoms with E-state index in [4.69, 9.17) is 5.73 Å². The van der Waals surface area contributed by atoms with Gasteiger partial charge < -0.3 is 15.7 Å². The predicted molar refractivity (Wildman–Crippen MR) is 88.1 cm³/mol. The maximum atomic E-state index is 14.0. The number of anilines is 2. The highest BCUT2D eigenvalue weighted by Crippen LogP contribution is 2.36. The van der Waals surface area contributed by atoms with E-state index in [1.807, 2.05) is 4.90 Å². The van der Waals surface area contributed by atoms with Crippen LogP contribution < -0.4 is 10.6 Å². The first kappa shape index (κ1) is 16.2. The Balaban J connectivity index is 1.90. The molecule has 1 aliphatic rings. The van der Waals surface area contributed by atoms with Gasteiger partial charge in [-0.2, -0.15) is 4.98 Å². The molecule has 2 aromatic rings. The van der Waals surface area contributed by atoms with Crippen molar-refractivity contribution in [1.29, 1.82) is 0 Å². The van der Waals surface area contributed by atoms with Gasteiger partial charge in [0, 0.05) is 19.3 Å². The third-order valence-electron chi connectivity index (χ3n) is 4.50. The van der Waals surface area contributed by atoms with E-state index in [-0.39, 0.29) is 24.7 Å². The number of nitrogen functional groups attached to an aromatic ring is 1. The van der Waals surface area contributed by atoms with Crippen molar-refractivity contribution in [2.45, 2.75) is 19.3 Å². The number of carboxylic acids is 1. The summed E-state index contributed by atoms with van der Waals surface area (Å²) in [5, 5.41) is 9.85. The summed E-state index contributed by atoms with van der Waals surface area (Å²) in [6.45, 7) is 0.940. The van der Waals surface area contributed by atoms with Crippen LogP contribution >= 0.6 is 0 Å². The Bertz CT molecular complexity index is 755. The molecule has 0 saturated carbocycles. The number of aliphatic carboxylic acids is 1. The molecule has 0 spiro atoms. The van der Waals surface area contributed by atoms with E-state index in [1.165, 1.54) is 6.07 Å². The van der Waals surface area contributed by atoms with Gasteiger partial charge in [0.05, 0.1) is 5.41 Å². The summed E-state index contributed by atoms with van der Waals surface area (Å²) < 4.78 is 14.0. The Labute approximate surface area is 139 Å². The summed E-state index contributed by atoms with van der Waals surface area (Å²) in [5.41, 5.74) is 4.99. The number of aromatic nitrogens is 2. The molecule has 0 amide bonds. The highest BCUT2D eigenvalue weighted by Gasteiger charge is 2.43. The molecule has 24 heavy (non-hydrogen) atoms. The van der Waals surface area contributed by atoms with Crippen molar-refractivity contribution in [1.82, 2.24) is 9.97 Å². The molecule has 2 heterocycles. The van der Waals surface area contributed by atoms with Gasteiger partial charge in [0.25, 0.3) is 0 Å². The largest absolute Gasteiger partial charge is 0.481 e. The highest BCUT2D eigenvalue weighted by atomic mass is 19.1. The molecule has 1 aromatic carbocycles. The van der Waals surface area contributed by atoms with Gasteiger partial charge in [-0.05, 0) is 37.0 Å². The Kier molecular flexibility index (Phi) is 4.33. The molecule has 3 rings (SSSR count). The lowest BCUT2D eigenvalue weighted by atomic mass is 9.75. The third kappa shape index (κ3) is 3.15. The van der Waals surface area contributed by atoms with E-state index >= 15 is 0 Å². The lowest BCUT2D eigenvalue weighted by Crippen LogP contribution is -2.49. The van der Waals surface area contributed by atoms with Crippen LogP contribution in [0, 0.1) is 11.2 Å². The predicted octanol–water partition coefficient (Wildman–Crippen LogP) is 2.11. The number of piperidine rings is 1. The SMILES string of the molecule is Nc1nccc(N2CCC[C@@](Cc3ccccc3F)(C(=O)O)C2)n1. The fraction of sp³-hybridized carbons (Fsp3) is 0.353. The fourth-order valence-electron chi connectivity index (χ4n) is 3.27. The smallest absolute Gasteiger partial charge is 0.311 e. The number of hydrogen-bond acceptors (Lipinski definition) is 5. The molecule has 3 N–H and O–H groups in total. The summed E-state index contributed by atoms with van der Waals surface area (Å²) in [4.78, 5) is 21.9. The van der Waals surface area contributed by atoms with Gasteiger partial charge in [0.15, 0.2) is 0 Å². The molecule has 1 aromatic heterocycles. The number of nitrogens with zero attached hydrogens (tertiary/aromatic N) is 3. The van der Waals surface area contributed by atoms with Crippen molar-refractivity contribution in [2.75, 3.05) is 23.7 Å². The van der Waals surface area contributed by atoms with Gasteiger partial charge >= 0.3 is 5.97 Å². The Morgan fingerprint density at radius 1 is 1.38 bits per heavy atom. The number of halogens is 1. The average Bonchev–Trinajstić information content (AvgIpc) is 2.57. The van der Waals surface area contributed by atoms with Gasteiger partial charge in [-0.15, -0.1) is 0 Å². The van der Waals surface area contributed by atoms with Crippen molar-refractivity contribution < 1.29 is 14.3 Å². The summed E-state index contributed by atoms with van der Waals surface area (Å²) in [7, 11) is 0. The number of carboxylic acid groups (broad SMARTS) is 1. The van der Waals surface area contributed by atoms with E-state index in [0.717, 1.165) is 0 Å². The normalized spacial score (nSPS) is 20.8. The second-order valence-corrected chi connectivity index (χ2v) is 6.15. The molecule has 1 atom stereocenters. The van der Waals surface area contributed by atoms with E-state index in [2.05, 4.69) is 9.97 Å². The van der Waals surface area contributed by atoms with E-state index in [9.17, 15) is 14.3 Å². The molecule has 1 aliphatic heterocycles. The average molecular weight is 330 g/mol. The van der Waals surface area contributed by atoms with E-state index in [0.29, 0.717) is 30.8 Å². The van der Waals surface area contributed by atoms with Crippen LogP contribution in [-0.4, -0.2) is 34.1 Å². The third-order valence-corrected chi connectivity index (χ3v) is 4.50. The minimum atomic E-state index is -1.06. The maximum absolute atomic E-state index is 14.0. The van der Waals surface area contributed by atoms with Crippen LogP contribution in [0.1, 0.15) is 18.4 Å². The molecule has 6 nitrogen and oxygen atoms in total. The molecule has 1 saturated heterocycles. The minimum absolute atomic E-state index is 0.145. The van der Waals surface area contributed by atoms with Gasteiger partial charge in [-0.3, -0.25) is 4.79 Å². The molecular formula is C17H19FN4O2. The molecule has 0 radical (unpaired) electrons. The monoisotopic (exact) mass is 330 g/mol. The second-order valence-electron chi connectivity index (χ2n) is 6.15. The first-order valence-corrected chi connectivity index (χ1v) is 7.80. The van der Waals surface area contributed by atoms with Crippen molar-refractivity contribution >= 4 is 17.7 Å². The second kappa shape index (κ2) is 6.43. The maximum Gasteiger partial charge on any atom is 0.311 e. The topological polar surface area (TPSA) is 92.3 Å². The fourth-order valence-corrected chi connectivity index (χ4v) is 3.27.